The van der Waals surface area contributed by atoms with Gasteiger partial charge in [0.05, 0.1) is 35.9 Å². The van der Waals surface area contributed by atoms with Crippen LogP contribution in [0.1, 0.15) is 108 Å². The minimum atomic E-state index is -0.949. The predicted octanol–water partition coefficient (Wildman–Crippen LogP) is 9.22. The Hall–Kier alpha value is -2.91. The van der Waals surface area contributed by atoms with Crippen molar-refractivity contribution < 1.29 is 34.0 Å². The van der Waals surface area contributed by atoms with Crippen LogP contribution in [0.2, 0.25) is 0 Å². The van der Waals surface area contributed by atoms with Gasteiger partial charge in [-0.2, -0.15) is 0 Å². The Labute approximate surface area is 307 Å². The van der Waals surface area contributed by atoms with Crippen LogP contribution in [0.3, 0.4) is 0 Å². The number of aliphatic hydroxyl groups is 2. The Balaban J connectivity index is 1.50. The molecule has 2 N–H and O–H groups in total. The van der Waals surface area contributed by atoms with E-state index in [0.29, 0.717) is 18.6 Å². The zero-order valence-corrected chi connectivity index (χ0v) is 33.4. The third-order valence-corrected chi connectivity index (χ3v) is 9.12. The monoisotopic (exact) mass is 709 g/mol. The van der Waals surface area contributed by atoms with Crippen LogP contribution in [0.4, 0.5) is 0 Å². The van der Waals surface area contributed by atoms with E-state index in [-0.39, 0.29) is 49.1 Å². The number of aromatic nitrogens is 1. The van der Waals surface area contributed by atoms with Crippen LogP contribution < -0.4 is 4.74 Å². The number of fused-ring (bicyclic) bond motifs is 1. The molecule has 1 heterocycles. The van der Waals surface area contributed by atoms with Gasteiger partial charge < -0.3 is 33.7 Å². The Morgan fingerprint density at radius 3 is 1.94 bits per heavy atom. The van der Waals surface area contributed by atoms with Crippen LogP contribution >= 0.6 is 0 Å². The van der Waals surface area contributed by atoms with E-state index in [0.717, 1.165) is 30.3 Å². The normalized spacial score (nSPS) is 14.8. The molecule has 0 bridgehead atoms. The first-order valence-corrected chi connectivity index (χ1v) is 18.8. The van der Waals surface area contributed by atoms with E-state index in [1.807, 2.05) is 60.6 Å². The second-order valence-corrected chi connectivity index (χ2v) is 17.7. The molecule has 0 spiro atoms. The van der Waals surface area contributed by atoms with Gasteiger partial charge in [-0.25, -0.2) is 0 Å². The largest absolute Gasteiger partial charge is 0.491 e. The summed E-state index contributed by atoms with van der Waals surface area (Å²) in [6.45, 7) is 23.5. The number of carbonyl (C=O) groups is 1. The van der Waals surface area contributed by atoms with Crippen LogP contribution in [-0.2, 0) is 25.5 Å². The SMILES string of the molecule is CCCCCn1c(-c2ccccc2)cc2ccc(OCC(O)COC(C)(C)CC(C)(C)OCC(O)COC(=O)C(CC(C)(C)C)C(C)(C)C)cc21. The molecular formula is C43H67NO7. The quantitative estimate of drug-likeness (QED) is 0.0892. The summed E-state index contributed by atoms with van der Waals surface area (Å²) in [7, 11) is 0. The molecule has 0 radical (unpaired) electrons. The third kappa shape index (κ3) is 14.2. The summed E-state index contributed by atoms with van der Waals surface area (Å²) in [6.07, 6.45) is 2.86. The van der Waals surface area contributed by atoms with E-state index in [2.05, 4.69) is 74.7 Å². The molecule has 8 nitrogen and oxygen atoms in total. The molecule has 2 aromatic carbocycles. The van der Waals surface area contributed by atoms with E-state index in [9.17, 15) is 15.0 Å². The van der Waals surface area contributed by atoms with Gasteiger partial charge in [0.2, 0.25) is 0 Å². The van der Waals surface area contributed by atoms with E-state index >= 15 is 0 Å². The van der Waals surface area contributed by atoms with Gasteiger partial charge in [0, 0.05) is 30.1 Å². The average Bonchev–Trinajstić information content (AvgIpc) is 3.40. The van der Waals surface area contributed by atoms with Crippen molar-refractivity contribution in [1.82, 2.24) is 4.57 Å². The van der Waals surface area contributed by atoms with E-state index in [4.69, 9.17) is 18.9 Å². The topological polar surface area (TPSA) is 99.4 Å². The number of esters is 1. The predicted molar refractivity (Wildman–Crippen MR) is 207 cm³/mol. The Morgan fingerprint density at radius 2 is 1.37 bits per heavy atom. The smallest absolute Gasteiger partial charge is 0.309 e. The molecule has 3 unspecified atom stereocenters. The van der Waals surface area contributed by atoms with Gasteiger partial charge in [-0.1, -0.05) is 91.6 Å². The molecule has 0 amide bonds. The number of hydrogen-bond acceptors (Lipinski definition) is 7. The highest BCUT2D eigenvalue weighted by molar-refractivity contribution is 5.88. The van der Waals surface area contributed by atoms with Crippen molar-refractivity contribution in [2.45, 2.75) is 138 Å². The Kier molecular flexibility index (Phi) is 15.2. The number of nitrogens with zero attached hydrogens (tertiary/aromatic N) is 1. The molecule has 0 fully saturated rings. The van der Waals surface area contributed by atoms with Gasteiger partial charge in [-0.05, 0) is 75.1 Å². The van der Waals surface area contributed by atoms with E-state index < -0.39 is 23.4 Å². The summed E-state index contributed by atoms with van der Waals surface area (Å²) in [5, 5.41) is 22.6. The maximum absolute atomic E-state index is 13.0. The summed E-state index contributed by atoms with van der Waals surface area (Å²) in [5.74, 6) is 0.144. The average molecular weight is 710 g/mol. The van der Waals surface area contributed by atoms with Gasteiger partial charge in [0.15, 0.2) is 0 Å². The molecule has 286 valence electrons. The number of benzene rings is 2. The van der Waals surface area contributed by atoms with Crippen LogP contribution in [0.5, 0.6) is 5.75 Å². The standard InChI is InChI=1S/C43H67NO7/c1-12-13-17-22-44-37(31-18-15-14-16-19-31)23-32-20-21-35(24-38(32)44)48-26-33(45)28-50-42(8,9)30-43(10,11)51-29-34(46)27-49-39(47)36(41(5,6)7)25-40(2,3)4/h14-16,18-21,23-24,33-34,36,45-46H,12-13,17,22,25-30H2,1-11H3. The molecule has 51 heavy (non-hydrogen) atoms. The number of aryl methyl sites for hydroxylation is 1. The van der Waals surface area contributed by atoms with Crippen LogP contribution in [-0.4, -0.2) is 70.6 Å². The number of carbonyl (C=O) groups excluding carboxylic acids is 1. The molecule has 0 aliphatic heterocycles. The van der Waals surface area contributed by atoms with Gasteiger partial charge >= 0.3 is 5.97 Å². The Morgan fingerprint density at radius 1 is 0.765 bits per heavy atom. The van der Waals surface area contributed by atoms with Crippen LogP contribution in [0.15, 0.2) is 54.6 Å². The minimum Gasteiger partial charge on any atom is -0.491 e. The Bertz CT molecular complexity index is 1500. The van der Waals surface area contributed by atoms with Gasteiger partial charge in [0.1, 0.15) is 31.2 Å². The molecule has 3 rings (SSSR count). The lowest BCUT2D eigenvalue weighted by Crippen LogP contribution is -2.41. The van der Waals surface area contributed by atoms with Crippen molar-refractivity contribution in [2.24, 2.45) is 16.7 Å². The molecule has 1 aromatic heterocycles. The summed E-state index contributed by atoms with van der Waals surface area (Å²) in [4.78, 5) is 13.0. The first kappa shape index (κ1) is 42.5. The van der Waals surface area contributed by atoms with Crippen LogP contribution in [0.25, 0.3) is 22.2 Å². The summed E-state index contributed by atoms with van der Waals surface area (Å²) >= 11 is 0. The van der Waals surface area contributed by atoms with Crippen molar-refractivity contribution >= 4 is 16.9 Å². The van der Waals surface area contributed by atoms with Crippen molar-refractivity contribution in [3.05, 3.63) is 54.6 Å². The second-order valence-electron chi connectivity index (χ2n) is 17.7. The lowest BCUT2D eigenvalue weighted by atomic mass is 9.72. The zero-order valence-electron chi connectivity index (χ0n) is 33.4. The number of rotatable bonds is 20. The second kappa shape index (κ2) is 18.2. The molecule has 0 saturated carbocycles. The lowest BCUT2D eigenvalue weighted by Gasteiger charge is -2.36. The van der Waals surface area contributed by atoms with Crippen molar-refractivity contribution in [1.29, 1.82) is 0 Å². The van der Waals surface area contributed by atoms with Crippen LogP contribution in [0, 0.1) is 16.7 Å². The number of hydrogen-bond donors (Lipinski definition) is 2. The number of ether oxygens (including phenoxy) is 4. The van der Waals surface area contributed by atoms with Gasteiger partial charge in [0.25, 0.3) is 0 Å². The number of unbranched alkanes of at least 4 members (excludes halogenated alkanes) is 2. The molecule has 8 heteroatoms. The highest BCUT2D eigenvalue weighted by Gasteiger charge is 2.36. The highest BCUT2D eigenvalue weighted by Crippen LogP contribution is 2.37. The van der Waals surface area contributed by atoms with Crippen molar-refractivity contribution in [2.75, 3.05) is 26.4 Å². The van der Waals surface area contributed by atoms with E-state index in [1.54, 1.807) is 0 Å². The third-order valence-electron chi connectivity index (χ3n) is 9.12. The molecular weight excluding hydrogens is 642 g/mol. The molecule has 0 aliphatic carbocycles. The molecule has 3 atom stereocenters. The maximum atomic E-state index is 13.0. The van der Waals surface area contributed by atoms with E-state index in [1.165, 1.54) is 17.7 Å². The molecule has 0 saturated heterocycles. The van der Waals surface area contributed by atoms with Crippen molar-refractivity contribution in [3.8, 4) is 17.0 Å². The van der Waals surface area contributed by atoms with Gasteiger partial charge in [-0.15, -0.1) is 0 Å². The minimum absolute atomic E-state index is 0.0193. The summed E-state index contributed by atoms with van der Waals surface area (Å²) in [5.41, 5.74) is 1.96. The summed E-state index contributed by atoms with van der Waals surface area (Å²) in [6, 6.07) is 18.8. The fourth-order valence-electron chi connectivity index (χ4n) is 6.63. The fraction of sp³-hybridized carbons (Fsp3) is 0.651. The fourth-order valence-corrected chi connectivity index (χ4v) is 6.63. The molecule has 0 aliphatic rings. The summed E-state index contributed by atoms with van der Waals surface area (Å²) < 4.78 is 26.2. The highest BCUT2D eigenvalue weighted by atomic mass is 16.6. The molecule has 3 aromatic rings. The lowest BCUT2D eigenvalue weighted by molar-refractivity contribution is -0.161. The van der Waals surface area contributed by atoms with Gasteiger partial charge in [-0.3, -0.25) is 4.79 Å². The maximum Gasteiger partial charge on any atom is 0.309 e. The first-order valence-electron chi connectivity index (χ1n) is 18.8. The number of aliphatic hydroxyl groups excluding tert-OH is 2. The first-order chi connectivity index (χ1) is 23.7. The van der Waals surface area contributed by atoms with Crippen molar-refractivity contribution in [3.63, 3.8) is 0 Å². The zero-order chi connectivity index (χ0) is 38.0.